The second kappa shape index (κ2) is 7.15. The van der Waals surface area contributed by atoms with E-state index in [1.54, 1.807) is 29.3 Å². The summed E-state index contributed by atoms with van der Waals surface area (Å²) >= 11 is 0. The molecule has 0 spiro atoms. The third-order valence-corrected chi connectivity index (χ3v) is 4.93. The van der Waals surface area contributed by atoms with Crippen molar-refractivity contribution in [2.75, 3.05) is 23.3 Å². The van der Waals surface area contributed by atoms with E-state index in [1.807, 2.05) is 12.1 Å². The van der Waals surface area contributed by atoms with E-state index in [9.17, 15) is 9.59 Å². The van der Waals surface area contributed by atoms with Gasteiger partial charge in [-0.05, 0) is 61.9 Å². The van der Waals surface area contributed by atoms with Crippen LogP contribution in [0.2, 0.25) is 0 Å². The summed E-state index contributed by atoms with van der Waals surface area (Å²) in [6.45, 7) is 1.35. The van der Waals surface area contributed by atoms with Gasteiger partial charge >= 0.3 is 6.03 Å². The summed E-state index contributed by atoms with van der Waals surface area (Å²) in [5.74, 6) is -0.193. The number of aromatic nitrogens is 1. The second-order valence-corrected chi connectivity index (χ2v) is 6.78. The highest BCUT2D eigenvalue weighted by atomic mass is 16.2. The zero-order chi connectivity index (χ0) is 17.9. The second-order valence-electron chi connectivity index (χ2n) is 6.78. The van der Waals surface area contributed by atoms with Crippen molar-refractivity contribution in [1.29, 1.82) is 0 Å². The molecule has 0 unspecified atom stereocenters. The third-order valence-electron chi connectivity index (χ3n) is 4.93. The maximum absolute atomic E-state index is 12.6. The van der Waals surface area contributed by atoms with E-state index < -0.39 is 0 Å². The summed E-state index contributed by atoms with van der Waals surface area (Å²) in [5, 5.41) is 5.76. The van der Waals surface area contributed by atoms with Crippen LogP contribution >= 0.6 is 0 Å². The molecule has 1 fully saturated rings. The monoisotopic (exact) mass is 350 g/mol. The third kappa shape index (κ3) is 3.40. The molecule has 2 aliphatic rings. The fourth-order valence-electron chi connectivity index (χ4n) is 3.55. The molecule has 6 heteroatoms. The quantitative estimate of drug-likeness (QED) is 0.893. The van der Waals surface area contributed by atoms with Gasteiger partial charge in [0.05, 0.1) is 11.9 Å². The number of nitrogens with zero attached hydrogens (tertiary/aromatic N) is 2. The highest BCUT2D eigenvalue weighted by Crippen LogP contribution is 2.23. The molecule has 0 saturated carbocycles. The van der Waals surface area contributed by atoms with E-state index >= 15 is 0 Å². The molecular formula is C20H22N4O2. The normalized spacial score (nSPS) is 16.6. The van der Waals surface area contributed by atoms with Gasteiger partial charge in [0.25, 0.3) is 5.91 Å². The Labute approximate surface area is 152 Å². The summed E-state index contributed by atoms with van der Waals surface area (Å²) in [6, 6.07) is 9.08. The van der Waals surface area contributed by atoms with Crippen molar-refractivity contribution in [3.8, 4) is 0 Å². The van der Waals surface area contributed by atoms with Crippen LogP contribution in [0.1, 0.15) is 40.9 Å². The molecular weight excluding hydrogens is 328 g/mol. The first kappa shape index (κ1) is 16.6. The van der Waals surface area contributed by atoms with Crippen LogP contribution in [-0.4, -0.2) is 30.0 Å². The van der Waals surface area contributed by atoms with Crippen LogP contribution < -0.4 is 15.5 Å². The average molecular weight is 350 g/mol. The Bertz CT molecular complexity index is 849. The molecule has 1 aliphatic carbocycles. The lowest BCUT2D eigenvalue weighted by atomic mass is 9.96. The Morgan fingerprint density at radius 3 is 2.92 bits per heavy atom. The molecule has 0 bridgehead atoms. The van der Waals surface area contributed by atoms with Gasteiger partial charge in [-0.2, -0.15) is 0 Å². The molecule has 3 amide bonds. The van der Waals surface area contributed by atoms with Crippen LogP contribution in [-0.2, 0) is 12.8 Å². The van der Waals surface area contributed by atoms with Crippen molar-refractivity contribution in [2.24, 2.45) is 0 Å². The predicted octanol–water partition coefficient (Wildman–Crippen LogP) is 3.13. The number of aryl methyl sites for hydroxylation is 2. The van der Waals surface area contributed by atoms with Crippen LogP contribution in [0.25, 0.3) is 0 Å². The van der Waals surface area contributed by atoms with Crippen LogP contribution in [0.3, 0.4) is 0 Å². The number of hydrogen-bond donors (Lipinski definition) is 2. The van der Waals surface area contributed by atoms with Crippen LogP contribution in [0.15, 0.2) is 36.5 Å². The van der Waals surface area contributed by atoms with E-state index in [4.69, 9.17) is 0 Å². The fourth-order valence-corrected chi connectivity index (χ4v) is 3.55. The van der Waals surface area contributed by atoms with Crippen molar-refractivity contribution >= 4 is 23.3 Å². The van der Waals surface area contributed by atoms with Crippen LogP contribution in [0.5, 0.6) is 0 Å². The number of anilines is 2. The Kier molecular flexibility index (Phi) is 4.56. The smallest absolute Gasteiger partial charge is 0.321 e. The van der Waals surface area contributed by atoms with E-state index in [1.165, 1.54) is 18.4 Å². The van der Waals surface area contributed by atoms with Crippen LogP contribution in [0, 0.1) is 0 Å². The first-order valence-corrected chi connectivity index (χ1v) is 9.15. The highest BCUT2D eigenvalue weighted by Gasteiger charge is 2.20. The fraction of sp³-hybridized carbons (Fsp3) is 0.350. The number of amides is 3. The molecule has 1 aromatic carbocycles. The van der Waals surface area contributed by atoms with Gasteiger partial charge in [-0.3, -0.25) is 14.7 Å². The summed E-state index contributed by atoms with van der Waals surface area (Å²) in [7, 11) is 0. The lowest BCUT2D eigenvalue weighted by Gasteiger charge is -2.27. The maximum atomic E-state index is 12.6. The maximum Gasteiger partial charge on any atom is 0.321 e. The Balaban J connectivity index is 1.51. The Morgan fingerprint density at radius 1 is 1.15 bits per heavy atom. The molecule has 2 heterocycles. The topological polar surface area (TPSA) is 74.3 Å². The minimum atomic E-state index is -0.193. The van der Waals surface area contributed by atoms with Gasteiger partial charge in [0.2, 0.25) is 0 Å². The van der Waals surface area contributed by atoms with Gasteiger partial charge in [-0.25, -0.2) is 4.79 Å². The van der Waals surface area contributed by atoms with E-state index in [0.29, 0.717) is 18.7 Å². The molecule has 4 rings (SSSR count). The van der Waals surface area contributed by atoms with Crippen molar-refractivity contribution in [1.82, 2.24) is 10.3 Å². The Hall–Kier alpha value is -2.89. The molecule has 2 aromatic rings. The molecule has 1 aromatic heterocycles. The van der Waals surface area contributed by atoms with Gasteiger partial charge < -0.3 is 10.6 Å². The number of carbonyl (C=O) groups excluding carboxylic acids is 2. The molecule has 26 heavy (non-hydrogen) atoms. The summed E-state index contributed by atoms with van der Waals surface area (Å²) in [5.41, 5.74) is 4.36. The highest BCUT2D eigenvalue weighted by molar-refractivity contribution is 6.05. The number of pyridine rings is 1. The van der Waals surface area contributed by atoms with E-state index in [0.717, 1.165) is 36.3 Å². The number of benzene rings is 1. The Morgan fingerprint density at radius 2 is 2.04 bits per heavy atom. The zero-order valence-electron chi connectivity index (χ0n) is 14.6. The van der Waals surface area contributed by atoms with Crippen molar-refractivity contribution in [3.05, 3.63) is 53.3 Å². The van der Waals surface area contributed by atoms with Gasteiger partial charge in [-0.1, -0.05) is 6.07 Å². The minimum absolute atomic E-state index is 0.118. The molecule has 1 aliphatic heterocycles. The summed E-state index contributed by atoms with van der Waals surface area (Å²) < 4.78 is 0. The summed E-state index contributed by atoms with van der Waals surface area (Å²) in [6.07, 6.45) is 7.01. The first-order chi connectivity index (χ1) is 12.7. The molecule has 1 saturated heterocycles. The standard InChI is InChI=1S/C20H22N4O2/c25-19(23-16-11-14-5-1-2-8-18(14)22-13-16)15-6-3-7-17(12-15)24-10-4-9-21-20(24)26/h3,6-7,11-13H,1-2,4-5,8-10H2,(H,21,26)(H,23,25). The molecule has 6 nitrogen and oxygen atoms in total. The van der Waals surface area contributed by atoms with Gasteiger partial charge in [0.15, 0.2) is 0 Å². The van der Waals surface area contributed by atoms with Crippen molar-refractivity contribution in [2.45, 2.75) is 32.1 Å². The largest absolute Gasteiger partial charge is 0.338 e. The number of carbonyl (C=O) groups is 2. The number of hydrogen-bond acceptors (Lipinski definition) is 3. The summed E-state index contributed by atoms with van der Waals surface area (Å²) in [4.78, 5) is 30.8. The average Bonchev–Trinajstić information content (AvgIpc) is 2.68. The number of urea groups is 1. The molecule has 0 atom stereocenters. The molecule has 0 radical (unpaired) electrons. The number of rotatable bonds is 3. The van der Waals surface area contributed by atoms with Crippen LogP contribution in [0.4, 0.5) is 16.2 Å². The first-order valence-electron chi connectivity index (χ1n) is 9.15. The van der Waals surface area contributed by atoms with Gasteiger partial charge in [0, 0.05) is 30.0 Å². The minimum Gasteiger partial charge on any atom is -0.338 e. The number of fused-ring (bicyclic) bond motifs is 1. The molecule has 2 N–H and O–H groups in total. The SMILES string of the molecule is O=C(Nc1cnc2c(c1)CCCC2)c1cccc(N2CCCNC2=O)c1. The van der Waals surface area contributed by atoms with Gasteiger partial charge in [0.1, 0.15) is 0 Å². The zero-order valence-corrected chi connectivity index (χ0v) is 14.6. The van der Waals surface area contributed by atoms with Gasteiger partial charge in [-0.15, -0.1) is 0 Å². The lowest BCUT2D eigenvalue weighted by molar-refractivity contribution is 0.102. The lowest BCUT2D eigenvalue weighted by Crippen LogP contribution is -2.46. The van der Waals surface area contributed by atoms with Crippen molar-refractivity contribution < 1.29 is 9.59 Å². The number of nitrogens with one attached hydrogen (secondary N) is 2. The molecule has 134 valence electrons. The van der Waals surface area contributed by atoms with E-state index in [2.05, 4.69) is 15.6 Å². The van der Waals surface area contributed by atoms with Crippen molar-refractivity contribution in [3.63, 3.8) is 0 Å². The predicted molar refractivity (Wildman–Crippen MR) is 101 cm³/mol. The van der Waals surface area contributed by atoms with E-state index in [-0.39, 0.29) is 11.9 Å².